The van der Waals surface area contributed by atoms with E-state index in [4.69, 9.17) is 10.4 Å². The van der Waals surface area contributed by atoms with Crippen molar-refractivity contribution in [1.82, 2.24) is 15.0 Å². The second-order valence-corrected chi connectivity index (χ2v) is 5.19. The highest BCUT2D eigenvalue weighted by atomic mass is 32.2. The van der Waals surface area contributed by atoms with Gasteiger partial charge in [0.05, 0.1) is 12.1 Å². The van der Waals surface area contributed by atoms with Crippen LogP contribution in [0.15, 0.2) is 27.1 Å². The Bertz CT molecular complexity index is 620. The van der Waals surface area contributed by atoms with Crippen molar-refractivity contribution in [3.63, 3.8) is 0 Å². The molecular formula is C10H6N4O2S2. The van der Waals surface area contributed by atoms with E-state index in [9.17, 15) is 4.79 Å². The average molecular weight is 278 g/mol. The second kappa shape index (κ2) is 5.57. The fourth-order valence-corrected chi connectivity index (χ4v) is 2.78. The molecule has 0 fully saturated rings. The van der Waals surface area contributed by atoms with Crippen LogP contribution in [0.25, 0.3) is 0 Å². The molecule has 0 aliphatic heterocycles. The molecule has 1 N–H and O–H groups in total. The third kappa shape index (κ3) is 3.26. The minimum atomic E-state index is -0.917. The molecule has 0 atom stereocenters. The van der Waals surface area contributed by atoms with Gasteiger partial charge in [0, 0.05) is 11.6 Å². The lowest BCUT2D eigenvalue weighted by Gasteiger charge is -1.95. The summed E-state index contributed by atoms with van der Waals surface area (Å²) in [5.41, 5.74) is 0.793. The molecule has 0 aliphatic carbocycles. The molecule has 0 radical (unpaired) electrons. The molecule has 0 spiro atoms. The Morgan fingerprint density at radius 3 is 3.11 bits per heavy atom. The van der Waals surface area contributed by atoms with Gasteiger partial charge in [-0.25, -0.2) is 15.0 Å². The first-order chi connectivity index (χ1) is 8.67. The van der Waals surface area contributed by atoms with Gasteiger partial charge in [0.2, 0.25) is 0 Å². The maximum atomic E-state index is 10.5. The first-order valence-electron chi connectivity index (χ1n) is 4.74. The highest BCUT2D eigenvalue weighted by Crippen LogP contribution is 2.27. The van der Waals surface area contributed by atoms with Crippen LogP contribution >= 0.6 is 23.1 Å². The Morgan fingerprint density at radius 2 is 2.39 bits per heavy atom. The average Bonchev–Trinajstić information content (AvgIpc) is 2.76. The summed E-state index contributed by atoms with van der Waals surface area (Å²) in [6, 6.07) is 3.44. The van der Waals surface area contributed by atoms with Crippen LogP contribution in [-0.4, -0.2) is 26.0 Å². The number of hydrogen-bond acceptors (Lipinski definition) is 7. The zero-order valence-electron chi connectivity index (χ0n) is 8.90. The summed E-state index contributed by atoms with van der Waals surface area (Å²) in [5.74, 6) is -0.917. The Hall–Kier alpha value is -1.98. The molecule has 0 saturated heterocycles. The van der Waals surface area contributed by atoms with Gasteiger partial charge in [0.15, 0.2) is 9.50 Å². The van der Waals surface area contributed by atoms with Gasteiger partial charge in [-0.15, -0.1) is 11.3 Å². The van der Waals surface area contributed by atoms with E-state index in [2.05, 4.69) is 15.0 Å². The summed E-state index contributed by atoms with van der Waals surface area (Å²) in [6.45, 7) is 0. The predicted molar refractivity (Wildman–Crippen MR) is 64.3 cm³/mol. The van der Waals surface area contributed by atoms with E-state index in [1.165, 1.54) is 35.4 Å². The molecule has 2 rings (SSSR count). The molecule has 2 heterocycles. The number of hydrogen-bond donors (Lipinski definition) is 1. The van der Waals surface area contributed by atoms with Crippen molar-refractivity contribution in [3.05, 3.63) is 29.0 Å². The standard InChI is InChI=1S/C10H6N4O2S2/c11-4-6-1-2-12-9(13-6)18-10-14-7(5-17-10)3-8(15)16/h1-2,5H,3H2,(H,15,16). The van der Waals surface area contributed by atoms with Crippen LogP contribution in [-0.2, 0) is 11.2 Å². The fraction of sp³-hybridized carbons (Fsp3) is 0.100. The molecule has 0 saturated carbocycles. The van der Waals surface area contributed by atoms with E-state index in [0.29, 0.717) is 15.2 Å². The van der Waals surface area contributed by atoms with Gasteiger partial charge in [-0.2, -0.15) is 5.26 Å². The van der Waals surface area contributed by atoms with Crippen molar-refractivity contribution >= 4 is 29.1 Å². The van der Waals surface area contributed by atoms with Crippen molar-refractivity contribution in [1.29, 1.82) is 5.26 Å². The Kier molecular flexibility index (Phi) is 3.86. The fourth-order valence-electron chi connectivity index (χ4n) is 1.10. The van der Waals surface area contributed by atoms with Crippen molar-refractivity contribution in [2.24, 2.45) is 0 Å². The largest absolute Gasteiger partial charge is 0.481 e. The highest BCUT2D eigenvalue weighted by Gasteiger charge is 2.09. The van der Waals surface area contributed by atoms with Gasteiger partial charge in [0.1, 0.15) is 11.8 Å². The summed E-state index contributed by atoms with van der Waals surface area (Å²) in [6.07, 6.45) is 1.40. The van der Waals surface area contributed by atoms with Crippen LogP contribution in [0.4, 0.5) is 0 Å². The van der Waals surface area contributed by atoms with E-state index in [1.54, 1.807) is 5.38 Å². The Morgan fingerprint density at radius 1 is 1.56 bits per heavy atom. The minimum Gasteiger partial charge on any atom is -0.481 e. The number of aliphatic carboxylic acids is 1. The molecule has 0 unspecified atom stereocenters. The van der Waals surface area contributed by atoms with Gasteiger partial charge >= 0.3 is 5.97 Å². The van der Waals surface area contributed by atoms with Crippen LogP contribution in [0.1, 0.15) is 11.4 Å². The lowest BCUT2D eigenvalue weighted by Crippen LogP contribution is -1.99. The Labute approximate surface area is 110 Å². The first kappa shape index (κ1) is 12.5. The zero-order valence-corrected chi connectivity index (χ0v) is 10.5. The van der Waals surface area contributed by atoms with Gasteiger partial charge in [-0.3, -0.25) is 4.79 Å². The van der Waals surface area contributed by atoms with Gasteiger partial charge in [-0.05, 0) is 17.8 Å². The molecule has 2 aromatic rings. The van der Waals surface area contributed by atoms with Crippen LogP contribution < -0.4 is 0 Å². The maximum absolute atomic E-state index is 10.5. The molecule has 18 heavy (non-hydrogen) atoms. The van der Waals surface area contributed by atoms with E-state index < -0.39 is 5.97 Å². The van der Waals surface area contributed by atoms with Crippen molar-refractivity contribution in [2.75, 3.05) is 0 Å². The quantitative estimate of drug-likeness (QED) is 0.847. The van der Waals surface area contributed by atoms with Crippen molar-refractivity contribution in [3.8, 4) is 6.07 Å². The summed E-state index contributed by atoms with van der Waals surface area (Å²) < 4.78 is 0.654. The molecule has 8 heteroatoms. The molecule has 6 nitrogen and oxygen atoms in total. The van der Waals surface area contributed by atoms with Gasteiger partial charge < -0.3 is 5.11 Å². The SMILES string of the molecule is N#Cc1ccnc(Sc2nc(CC(=O)O)cs2)n1. The number of thiazole rings is 1. The predicted octanol–water partition coefficient (Wildman–Crippen LogP) is 1.58. The number of nitriles is 1. The summed E-state index contributed by atoms with van der Waals surface area (Å²) in [7, 11) is 0. The Balaban J connectivity index is 2.11. The molecular weight excluding hydrogens is 272 g/mol. The highest BCUT2D eigenvalue weighted by molar-refractivity contribution is 8.00. The van der Waals surface area contributed by atoms with E-state index in [1.807, 2.05) is 6.07 Å². The maximum Gasteiger partial charge on any atom is 0.309 e. The number of aromatic nitrogens is 3. The van der Waals surface area contributed by atoms with Crippen LogP contribution in [0, 0.1) is 11.3 Å². The number of nitrogens with zero attached hydrogens (tertiary/aromatic N) is 4. The van der Waals surface area contributed by atoms with E-state index in [0.717, 1.165) is 0 Å². The van der Waals surface area contributed by atoms with E-state index in [-0.39, 0.29) is 12.1 Å². The number of rotatable bonds is 4. The normalized spacial score (nSPS) is 9.94. The molecule has 90 valence electrons. The lowest BCUT2D eigenvalue weighted by atomic mass is 10.3. The minimum absolute atomic E-state index is 0.101. The number of carboxylic acids is 1. The third-order valence-electron chi connectivity index (χ3n) is 1.79. The van der Waals surface area contributed by atoms with Gasteiger partial charge in [0.25, 0.3) is 0 Å². The topological polar surface area (TPSA) is 99.8 Å². The van der Waals surface area contributed by atoms with Gasteiger partial charge in [-0.1, -0.05) is 0 Å². The number of carboxylic acid groups (broad SMARTS) is 1. The summed E-state index contributed by atoms with van der Waals surface area (Å²) in [5, 5.41) is 19.4. The number of carbonyl (C=O) groups is 1. The molecule has 0 bridgehead atoms. The third-order valence-corrected chi connectivity index (χ3v) is 3.66. The summed E-state index contributed by atoms with van der Waals surface area (Å²) in [4.78, 5) is 22.7. The van der Waals surface area contributed by atoms with Crippen LogP contribution in [0.5, 0.6) is 0 Å². The van der Waals surface area contributed by atoms with Crippen LogP contribution in [0.3, 0.4) is 0 Å². The van der Waals surface area contributed by atoms with Crippen molar-refractivity contribution < 1.29 is 9.90 Å². The molecule has 0 aliphatic rings. The second-order valence-electron chi connectivity index (χ2n) is 3.11. The zero-order chi connectivity index (χ0) is 13.0. The molecule has 2 aromatic heterocycles. The monoisotopic (exact) mass is 278 g/mol. The smallest absolute Gasteiger partial charge is 0.309 e. The first-order valence-corrected chi connectivity index (χ1v) is 6.44. The lowest BCUT2D eigenvalue weighted by molar-refractivity contribution is -0.136. The molecule has 0 aromatic carbocycles. The van der Waals surface area contributed by atoms with E-state index >= 15 is 0 Å². The van der Waals surface area contributed by atoms with Crippen molar-refractivity contribution in [2.45, 2.75) is 15.9 Å². The summed E-state index contributed by atoms with van der Waals surface area (Å²) >= 11 is 2.53. The molecule has 0 amide bonds. The van der Waals surface area contributed by atoms with Crippen LogP contribution in [0.2, 0.25) is 0 Å².